The first-order chi connectivity index (χ1) is 7.40. The van der Waals surface area contributed by atoms with E-state index in [0.717, 1.165) is 0 Å². The number of halogens is 2. The van der Waals surface area contributed by atoms with Crippen molar-refractivity contribution < 1.29 is 4.39 Å². The van der Waals surface area contributed by atoms with Crippen LogP contribution in [0.2, 0.25) is 5.02 Å². The molecule has 1 saturated carbocycles. The first kappa shape index (κ1) is 11.5. The largest absolute Gasteiger partial charge is 0.397 e. The van der Waals surface area contributed by atoms with Gasteiger partial charge < -0.3 is 11.1 Å². The van der Waals surface area contributed by atoms with Crippen molar-refractivity contribution in [2.75, 3.05) is 11.1 Å². The summed E-state index contributed by atoms with van der Waals surface area (Å²) in [5.74, 6) is 0.185. The summed E-state index contributed by atoms with van der Waals surface area (Å²) in [6.07, 6.45) is 2.46. The number of nitrogens with one attached hydrogen (secondary N) is 1. The molecule has 2 rings (SSSR count). The number of benzene rings is 1. The predicted molar refractivity (Wildman–Crippen MR) is 66.2 cm³/mol. The third-order valence-electron chi connectivity index (χ3n) is 3.15. The molecule has 0 heterocycles. The van der Waals surface area contributed by atoms with Crippen molar-refractivity contribution in [1.29, 1.82) is 0 Å². The Hall–Kier alpha value is -0.960. The summed E-state index contributed by atoms with van der Waals surface area (Å²) < 4.78 is 13.1. The Labute approximate surface area is 100.0 Å². The molecule has 0 bridgehead atoms. The Balaban J connectivity index is 2.23. The Morgan fingerprint density at radius 2 is 2.06 bits per heavy atom. The standard InChI is InChI=1S/C12H16ClFN2/c1-12(2,7-3-4-7)16-11-5-8(13)9(14)6-10(11)15/h5-7,16H,3-4,15H2,1-2H3. The second-order valence-corrected chi connectivity index (χ2v) is 5.38. The van der Waals surface area contributed by atoms with Crippen LogP contribution < -0.4 is 11.1 Å². The van der Waals surface area contributed by atoms with Gasteiger partial charge in [0.25, 0.3) is 0 Å². The van der Waals surface area contributed by atoms with Crippen molar-refractivity contribution in [2.45, 2.75) is 32.2 Å². The monoisotopic (exact) mass is 242 g/mol. The summed E-state index contributed by atoms with van der Waals surface area (Å²) in [5.41, 5.74) is 6.85. The Morgan fingerprint density at radius 1 is 1.44 bits per heavy atom. The van der Waals surface area contributed by atoms with Crippen LogP contribution in [0.15, 0.2) is 12.1 Å². The highest BCUT2D eigenvalue weighted by Crippen LogP contribution is 2.42. The SMILES string of the molecule is CC(C)(Nc1cc(Cl)c(F)cc1N)C1CC1. The maximum Gasteiger partial charge on any atom is 0.143 e. The molecule has 1 fully saturated rings. The molecule has 1 aromatic rings. The Bertz CT molecular complexity index is 414. The zero-order valence-corrected chi connectivity index (χ0v) is 10.2. The molecule has 1 aliphatic carbocycles. The topological polar surface area (TPSA) is 38.0 Å². The van der Waals surface area contributed by atoms with Crippen LogP contribution >= 0.6 is 11.6 Å². The van der Waals surface area contributed by atoms with Gasteiger partial charge in [0.2, 0.25) is 0 Å². The van der Waals surface area contributed by atoms with Gasteiger partial charge >= 0.3 is 0 Å². The molecule has 0 aromatic heterocycles. The van der Waals surface area contributed by atoms with Gasteiger partial charge in [0.15, 0.2) is 0 Å². The summed E-state index contributed by atoms with van der Waals surface area (Å²) in [5, 5.41) is 3.44. The van der Waals surface area contributed by atoms with Crippen molar-refractivity contribution in [1.82, 2.24) is 0 Å². The van der Waals surface area contributed by atoms with E-state index in [1.807, 2.05) is 0 Å². The van der Waals surface area contributed by atoms with E-state index in [-0.39, 0.29) is 10.6 Å². The fourth-order valence-electron chi connectivity index (χ4n) is 1.92. The lowest BCUT2D eigenvalue weighted by molar-refractivity contribution is 0.494. The van der Waals surface area contributed by atoms with E-state index < -0.39 is 5.82 Å². The number of rotatable bonds is 3. The van der Waals surface area contributed by atoms with Crippen LogP contribution in [0.25, 0.3) is 0 Å². The highest BCUT2D eigenvalue weighted by atomic mass is 35.5. The molecule has 1 aliphatic rings. The van der Waals surface area contributed by atoms with Crippen molar-refractivity contribution in [3.63, 3.8) is 0 Å². The molecule has 0 amide bonds. The van der Waals surface area contributed by atoms with Gasteiger partial charge in [-0.2, -0.15) is 0 Å². The van der Waals surface area contributed by atoms with Crippen LogP contribution in [-0.2, 0) is 0 Å². The zero-order valence-electron chi connectivity index (χ0n) is 9.48. The van der Waals surface area contributed by atoms with E-state index in [9.17, 15) is 4.39 Å². The van der Waals surface area contributed by atoms with Gasteiger partial charge in [-0.05, 0) is 38.7 Å². The van der Waals surface area contributed by atoms with Crippen LogP contribution in [-0.4, -0.2) is 5.54 Å². The quantitative estimate of drug-likeness (QED) is 0.794. The molecule has 16 heavy (non-hydrogen) atoms. The lowest BCUT2D eigenvalue weighted by Crippen LogP contribution is -2.33. The molecule has 88 valence electrons. The smallest absolute Gasteiger partial charge is 0.143 e. The molecule has 0 radical (unpaired) electrons. The van der Waals surface area contributed by atoms with E-state index in [2.05, 4.69) is 19.2 Å². The molecule has 2 nitrogen and oxygen atoms in total. The minimum atomic E-state index is -0.478. The summed E-state index contributed by atoms with van der Waals surface area (Å²) in [7, 11) is 0. The van der Waals surface area contributed by atoms with Gasteiger partial charge in [-0.1, -0.05) is 11.6 Å². The minimum absolute atomic E-state index is 0.0186. The van der Waals surface area contributed by atoms with Crippen LogP contribution in [0.4, 0.5) is 15.8 Å². The van der Waals surface area contributed by atoms with E-state index in [4.69, 9.17) is 17.3 Å². The van der Waals surface area contributed by atoms with Gasteiger partial charge in [0.05, 0.1) is 16.4 Å². The van der Waals surface area contributed by atoms with Crippen molar-refractivity contribution in [3.8, 4) is 0 Å². The highest BCUT2D eigenvalue weighted by Gasteiger charge is 2.37. The van der Waals surface area contributed by atoms with Crippen molar-refractivity contribution in [3.05, 3.63) is 23.0 Å². The molecule has 0 aliphatic heterocycles. The maximum absolute atomic E-state index is 13.1. The lowest BCUT2D eigenvalue weighted by atomic mass is 9.98. The van der Waals surface area contributed by atoms with Gasteiger partial charge in [0.1, 0.15) is 5.82 Å². The number of hydrogen-bond donors (Lipinski definition) is 2. The second kappa shape index (κ2) is 3.81. The molecule has 1 aromatic carbocycles. The summed E-state index contributed by atoms with van der Waals surface area (Å²) in [4.78, 5) is 0. The summed E-state index contributed by atoms with van der Waals surface area (Å²) >= 11 is 5.74. The van der Waals surface area contributed by atoms with Gasteiger partial charge in [-0.25, -0.2) is 4.39 Å². The fourth-order valence-corrected chi connectivity index (χ4v) is 2.09. The second-order valence-electron chi connectivity index (χ2n) is 4.97. The molecule has 0 saturated heterocycles. The minimum Gasteiger partial charge on any atom is -0.397 e. The predicted octanol–water partition coefficient (Wildman–Crippen LogP) is 3.66. The fraction of sp³-hybridized carbons (Fsp3) is 0.500. The molecular weight excluding hydrogens is 227 g/mol. The summed E-state index contributed by atoms with van der Waals surface area (Å²) in [6.45, 7) is 4.25. The first-order valence-electron chi connectivity index (χ1n) is 5.43. The average molecular weight is 243 g/mol. The van der Waals surface area contributed by atoms with Gasteiger partial charge in [-0.3, -0.25) is 0 Å². The lowest BCUT2D eigenvalue weighted by Gasteiger charge is -2.28. The van der Waals surface area contributed by atoms with E-state index in [1.54, 1.807) is 6.07 Å². The van der Waals surface area contributed by atoms with Crippen LogP contribution in [0, 0.1) is 11.7 Å². The number of hydrogen-bond acceptors (Lipinski definition) is 2. The zero-order chi connectivity index (χ0) is 11.9. The number of nitrogens with two attached hydrogens (primary N) is 1. The van der Waals surface area contributed by atoms with Crippen molar-refractivity contribution >= 4 is 23.0 Å². The molecule has 3 N–H and O–H groups in total. The van der Waals surface area contributed by atoms with E-state index in [1.165, 1.54) is 18.9 Å². The van der Waals surface area contributed by atoms with Crippen LogP contribution in [0.1, 0.15) is 26.7 Å². The Kier molecular flexibility index (Phi) is 2.74. The van der Waals surface area contributed by atoms with Gasteiger partial charge in [0, 0.05) is 11.6 Å². The van der Waals surface area contributed by atoms with E-state index in [0.29, 0.717) is 17.3 Å². The molecule has 0 unspecified atom stereocenters. The third kappa shape index (κ3) is 2.24. The highest BCUT2D eigenvalue weighted by molar-refractivity contribution is 6.31. The molecule has 0 atom stereocenters. The number of anilines is 2. The molecule has 4 heteroatoms. The average Bonchev–Trinajstić information content (AvgIpc) is 2.96. The van der Waals surface area contributed by atoms with Crippen LogP contribution in [0.5, 0.6) is 0 Å². The maximum atomic E-state index is 13.1. The molecular formula is C12H16ClFN2. The number of nitrogen functional groups attached to an aromatic ring is 1. The van der Waals surface area contributed by atoms with Gasteiger partial charge in [-0.15, -0.1) is 0 Å². The van der Waals surface area contributed by atoms with E-state index >= 15 is 0 Å². The third-order valence-corrected chi connectivity index (χ3v) is 3.44. The normalized spacial score (nSPS) is 16.2. The Morgan fingerprint density at radius 3 is 2.62 bits per heavy atom. The first-order valence-corrected chi connectivity index (χ1v) is 5.80. The van der Waals surface area contributed by atoms with Crippen LogP contribution in [0.3, 0.4) is 0 Å². The summed E-state index contributed by atoms with van der Waals surface area (Å²) in [6, 6.07) is 2.81. The van der Waals surface area contributed by atoms with Crippen molar-refractivity contribution in [2.24, 2.45) is 5.92 Å². The molecule has 0 spiro atoms.